The number of halogens is 5. The van der Waals surface area contributed by atoms with Crippen LogP contribution in [0.15, 0.2) is 206 Å². The molecule has 135 heavy (non-hydrogen) atoms. The van der Waals surface area contributed by atoms with Crippen LogP contribution >= 0.6 is 79.6 Å². The van der Waals surface area contributed by atoms with Gasteiger partial charge >= 0.3 is 30.5 Å². The largest absolute Gasteiger partial charge is 0.418 e. The van der Waals surface area contributed by atoms with Crippen LogP contribution in [0.4, 0.5) is 70.5 Å². The first-order valence-electron chi connectivity index (χ1n) is 42.8. The zero-order valence-corrected chi connectivity index (χ0v) is 80.8. The number of pyridine rings is 5. The van der Waals surface area contributed by atoms with Crippen LogP contribution < -0.4 is 66.2 Å². The van der Waals surface area contributed by atoms with Gasteiger partial charge in [0.15, 0.2) is 57.0 Å². The number of fused-ring (bicyclic) bond motifs is 5. The van der Waals surface area contributed by atoms with Crippen molar-refractivity contribution in [1.82, 2.24) is 97.9 Å². The van der Waals surface area contributed by atoms with E-state index in [4.69, 9.17) is 33.7 Å². The van der Waals surface area contributed by atoms with Gasteiger partial charge in [-0.15, -0.1) is 0 Å². The summed E-state index contributed by atoms with van der Waals surface area (Å²) in [6.07, 6.45) is 32.0. The molecule has 3 fully saturated rings. The van der Waals surface area contributed by atoms with Crippen molar-refractivity contribution < 1.29 is 68.1 Å². The fraction of sp³-hybridized carbons (Fsp3) is 0.318. The minimum Gasteiger partial charge on any atom is -0.408 e. The number of aliphatic hydroxyl groups excluding tert-OH is 4. The van der Waals surface area contributed by atoms with Crippen LogP contribution in [0.25, 0.3) is 28.2 Å². The van der Waals surface area contributed by atoms with Crippen molar-refractivity contribution in [2.45, 2.75) is 128 Å². The zero-order chi connectivity index (χ0) is 95.0. The molecule has 3 saturated carbocycles. The lowest BCUT2D eigenvalue weighted by Gasteiger charge is -2.23. The van der Waals surface area contributed by atoms with Gasteiger partial charge in [0.1, 0.15) is 46.5 Å². The van der Waals surface area contributed by atoms with E-state index in [1.54, 1.807) is 167 Å². The quantitative estimate of drug-likeness (QED) is 0.0267. The number of rotatable bonds is 24. The van der Waals surface area contributed by atoms with Crippen LogP contribution in [0.1, 0.15) is 122 Å². The van der Waals surface area contributed by atoms with E-state index in [2.05, 4.69) is 188 Å². The molecule has 18 rings (SSSR count). The van der Waals surface area contributed by atoms with Crippen LogP contribution in [0, 0.1) is 23.7 Å². The van der Waals surface area contributed by atoms with Crippen LogP contribution in [0.3, 0.4) is 0 Å². The SMILES string of the molecule is CC(C)[C@@H](CO)Nc1cc(NC(=O)Oc2cccnc2)n2ncc(Br)c2n1.CC(C)[C@H](CO)Nc1cc(NC(=O)Oc2cccnc2)n2ncc(Br)c2n1.O=C(Nc1cc(C2CCC[C@@H]2CO)nc2c(Br)cnn12)Oc1cccnc1.O=C(Nc1cc(C2CCC[C@H]2CO)nc2c(Br)cnn12)Oc1cccnc1.O=C(Nc1cc(NC2CCCCC2)nc2c(Br)cnn12)Oc1cccnc1. The molecule has 15 heterocycles. The average molecular weight is 2170 g/mol. The highest BCUT2D eigenvalue weighted by atomic mass is 79.9. The van der Waals surface area contributed by atoms with Crippen LogP contribution in [0.5, 0.6) is 28.7 Å². The van der Waals surface area contributed by atoms with E-state index in [-0.39, 0.29) is 74.0 Å². The Labute approximate surface area is 812 Å². The van der Waals surface area contributed by atoms with Crippen LogP contribution in [0.2, 0.25) is 0 Å². The molecule has 47 heteroatoms. The number of hydrogen-bond acceptors (Lipinski definition) is 32. The molecule has 0 radical (unpaired) electrons. The minimum absolute atomic E-state index is 0.0449. The van der Waals surface area contributed by atoms with Crippen LogP contribution in [-0.4, -0.2) is 193 Å². The molecule has 0 spiro atoms. The Kier molecular flexibility index (Phi) is 34.2. The van der Waals surface area contributed by atoms with Gasteiger partial charge in [0.05, 0.1) is 121 Å². The van der Waals surface area contributed by atoms with E-state index >= 15 is 0 Å². The van der Waals surface area contributed by atoms with Crippen molar-refractivity contribution in [3.05, 3.63) is 218 Å². The number of ether oxygens (including phenoxy) is 5. The summed E-state index contributed by atoms with van der Waals surface area (Å²) in [4.78, 5) is 104. The highest BCUT2D eigenvalue weighted by Crippen LogP contribution is 2.42. The third-order valence-electron chi connectivity index (χ3n) is 21.7. The van der Waals surface area contributed by atoms with Gasteiger partial charge in [-0.05, 0) is 203 Å². The molecule has 15 aromatic rings. The second-order valence-corrected chi connectivity index (χ2v) is 35.9. The Morgan fingerprint density at radius 2 is 0.630 bits per heavy atom. The van der Waals surface area contributed by atoms with E-state index in [1.807, 2.05) is 27.7 Å². The summed E-state index contributed by atoms with van der Waals surface area (Å²) in [5.74, 6) is 6.52. The van der Waals surface area contributed by atoms with Crippen molar-refractivity contribution >= 4 is 185 Å². The van der Waals surface area contributed by atoms with Gasteiger partial charge in [-0.3, -0.25) is 51.5 Å². The number of anilines is 8. The lowest BCUT2D eigenvalue weighted by atomic mass is 9.93. The molecule has 0 aromatic carbocycles. The molecule has 6 atom stereocenters. The van der Waals surface area contributed by atoms with E-state index in [0.29, 0.717) is 119 Å². The lowest BCUT2D eigenvalue weighted by molar-refractivity contribution is 0.213. The number of hydrogen-bond donors (Lipinski definition) is 12. The van der Waals surface area contributed by atoms with Gasteiger partial charge < -0.3 is 60.1 Å². The third kappa shape index (κ3) is 26.1. The highest BCUT2D eigenvalue weighted by Gasteiger charge is 2.33. The molecular weight excluding hydrogens is 2070 g/mol. The van der Waals surface area contributed by atoms with Crippen molar-refractivity contribution in [3.8, 4) is 28.7 Å². The van der Waals surface area contributed by atoms with Gasteiger partial charge in [0.2, 0.25) is 0 Å². The Balaban J connectivity index is 0.000000135. The summed E-state index contributed by atoms with van der Waals surface area (Å²) < 4.78 is 37.3. The molecule has 0 aliphatic heterocycles. The first-order chi connectivity index (χ1) is 65.4. The first kappa shape index (κ1) is 97.9. The fourth-order valence-electron chi connectivity index (χ4n) is 15.0. The van der Waals surface area contributed by atoms with Gasteiger partial charge in [-0.25, -0.2) is 48.9 Å². The lowest BCUT2D eigenvalue weighted by Crippen LogP contribution is -2.30. The van der Waals surface area contributed by atoms with E-state index in [1.165, 1.54) is 59.3 Å². The minimum atomic E-state index is -0.685. The van der Waals surface area contributed by atoms with E-state index < -0.39 is 30.5 Å². The number of nitrogens with zero attached hydrogens (tertiary/aromatic N) is 20. The predicted octanol–water partition coefficient (Wildman–Crippen LogP) is 16.8. The molecule has 2 unspecified atom stereocenters. The third-order valence-corrected chi connectivity index (χ3v) is 24.5. The number of aromatic nitrogens is 20. The molecule has 3 aliphatic carbocycles. The van der Waals surface area contributed by atoms with Gasteiger partial charge in [-0.2, -0.15) is 48.1 Å². The topological polar surface area (TPSA) is 524 Å². The number of nitrogens with one attached hydrogen (secondary N) is 8. The second kappa shape index (κ2) is 47.2. The average Bonchev–Trinajstić information content (AvgIpc) is 1.66. The van der Waals surface area contributed by atoms with Gasteiger partial charge in [0, 0.05) is 92.4 Å². The summed E-state index contributed by atoms with van der Waals surface area (Å²) in [5, 5.41) is 82.9. The Hall–Kier alpha value is -13.2. The van der Waals surface area contributed by atoms with Crippen molar-refractivity contribution in [1.29, 1.82) is 0 Å². The summed E-state index contributed by atoms with van der Waals surface area (Å²) in [7, 11) is 0. The van der Waals surface area contributed by atoms with E-state index in [9.17, 15) is 44.4 Å². The maximum absolute atomic E-state index is 12.3. The molecule has 704 valence electrons. The number of carbonyl (C=O) groups excluding carboxylic acids is 5. The molecule has 5 amide bonds. The number of aliphatic hydroxyl groups is 4. The first-order valence-corrected chi connectivity index (χ1v) is 46.8. The second-order valence-electron chi connectivity index (χ2n) is 31.7. The standard InChI is InChI=1S/C18H19BrN6O2.2C18H18BrN5O3.2C17H19BrN6O3/c19-14-11-21-25-16(24-18(26)27-13-7-4-8-20-10-13)9-15(23-17(14)25)22-12-5-2-1-3-6-12;2*19-14-9-21-24-16(23-18(26)27-12-4-2-6-20-8-12)7-15(22-17(14)24)13-5-1-3-11(13)10-25;2*1-10(2)13(9-25)21-14-6-15(24-16(22-14)12(18)8-20-24)23-17(26)27-11-4-3-5-19-7-11/h4,7-12H,1-3,5-6H2,(H,22,23)(H,24,26);2*2,4,6-9,11,13,25H,1,3,5,10H2,(H,23,26);2*3-8,10,13,25H,9H2,1-2H3,(H,21,22)(H,23,26)/t;2*11-,13?;2*13-/m.1010/s1. The molecule has 0 saturated heterocycles. The zero-order valence-electron chi connectivity index (χ0n) is 72.8. The van der Waals surface area contributed by atoms with Crippen LogP contribution in [-0.2, 0) is 0 Å². The van der Waals surface area contributed by atoms with Gasteiger partial charge in [-0.1, -0.05) is 59.8 Å². The van der Waals surface area contributed by atoms with Gasteiger partial charge in [0.25, 0.3) is 0 Å². The molecular formula is C88H93Br5N28O14. The monoisotopic (exact) mass is 2160 g/mol. The maximum Gasteiger partial charge on any atom is 0.418 e. The summed E-state index contributed by atoms with van der Waals surface area (Å²) in [5.41, 5.74) is 4.51. The Morgan fingerprint density at radius 1 is 0.356 bits per heavy atom. The molecule has 12 N–H and O–H groups in total. The number of amides is 5. The molecule has 0 bridgehead atoms. The smallest absolute Gasteiger partial charge is 0.408 e. The summed E-state index contributed by atoms with van der Waals surface area (Å²) in [6.45, 7) is 8.13. The molecule has 3 aliphatic rings. The normalized spacial score (nSPS) is 15.6. The predicted molar refractivity (Wildman–Crippen MR) is 516 cm³/mol. The molecule has 15 aromatic heterocycles. The maximum atomic E-state index is 12.3. The highest BCUT2D eigenvalue weighted by molar-refractivity contribution is 9.11. The van der Waals surface area contributed by atoms with E-state index in [0.717, 1.165) is 76.2 Å². The van der Waals surface area contributed by atoms with Crippen molar-refractivity contribution in [3.63, 3.8) is 0 Å². The fourth-order valence-corrected chi connectivity index (χ4v) is 16.7. The Morgan fingerprint density at radius 3 is 0.896 bits per heavy atom. The number of carbonyl (C=O) groups is 5. The summed E-state index contributed by atoms with van der Waals surface area (Å²) in [6, 6.07) is 25.3. The molecule has 42 nitrogen and oxygen atoms in total. The Bertz CT molecular complexity index is 6220. The van der Waals surface area contributed by atoms with Crippen molar-refractivity contribution in [2.24, 2.45) is 23.7 Å². The van der Waals surface area contributed by atoms with Crippen molar-refractivity contribution in [2.75, 3.05) is 69.0 Å². The summed E-state index contributed by atoms with van der Waals surface area (Å²) >= 11 is 17.1.